The molecule has 1 aromatic carbocycles. The number of benzene rings is 1. The summed E-state index contributed by atoms with van der Waals surface area (Å²) < 4.78 is 6.90. The van der Waals surface area contributed by atoms with Gasteiger partial charge in [-0.3, -0.25) is 0 Å². The molecular formula is C13H17N3O2S. The van der Waals surface area contributed by atoms with Gasteiger partial charge in [-0.05, 0) is 38.3 Å². The van der Waals surface area contributed by atoms with Crippen LogP contribution in [0.15, 0.2) is 18.2 Å². The van der Waals surface area contributed by atoms with Crippen LogP contribution in [0.25, 0.3) is 11.0 Å². The van der Waals surface area contributed by atoms with Gasteiger partial charge in [-0.25, -0.2) is 9.48 Å². The van der Waals surface area contributed by atoms with Crippen LogP contribution in [0.3, 0.4) is 0 Å². The number of carbonyl (C=O) groups is 1. The van der Waals surface area contributed by atoms with Gasteiger partial charge in [0, 0.05) is 11.8 Å². The Morgan fingerprint density at radius 1 is 1.47 bits per heavy atom. The zero-order chi connectivity index (χ0) is 14.0. The van der Waals surface area contributed by atoms with Crippen molar-refractivity contribution in [3.63, 3.8) is 0 Å². The van der Waals surface area contributed by atoms with E-state index in [1.54, 1.807) is 41.7 Å². The molecule has 0 aliphatic rings. The van der Waals surface area contributed by atoms with E-state index >= 15 is 0 Å². The normalized spacial score (nSPS) is 11.8. The Kier molecular flexibility index (Phi) is 3.80. The van der Waals surface area contributed by atoms with Crippen molar-refractivity contribution in [3.05, 3.63) is 23.8 Å². The lowest BCUT2D eigenvalue weighted by atomic mass is 10.2. The number of aryl methyl sites for hydroxylation is 1. The predicted molar refractivity (Wildman–Crippen MR) is 76.4 cm³/mol. The Labute approximate surface area is 116 Å². The molecule has 0 bridgehead atoms. The molecule has 0 saturated carbocycles. The molecule has 19 heavy (non-hydrogen) atoms. The summed E-state index contributed by atoms with van der Waals surface area (Å²) in [6.45, 7) is 4.47. The molecule has 0 unspecified atom stereocenters. The molecule has 0 spiro atoms. The summed E-state index contributed by atoms with van der Waals surface area (Å²) in [5.41, 5.74) is 2.11. The topological polar surface area (TPSA) is 57.0 Å². The number of fused-ring (bicyclic) bond motifs is 1. The van der Waals surface area contributed by atoms with E-state index in [2.05, 4.69) is 10.3 Å². The van der Waals surface area contributed by atoms with Crippen molar-refractivity contribution in [2.45, 2.75) is 18.6 Å². The fourth-order valence-electron chi connectivity index (χ4n) is 1.54. The molecular weight excluding hydrogens is 262 g/mol. The van der Waals surface area contributed by atoms with Gasteiger partial charge in [0.25, 0.3) is 0 Å². The number of rotatable bonds is 4. The first-order chi connectivity index (χ1) is 8.93. The van der Waals surface area contributed by atoms with Gasteiger partial charge in [0.1, 0.15) is 12.1 Å². The third-order valence-electron chi connectivity index (χ3n) is 2.95. The van der Waals surface area contributed by atoms with Crippen LogP contribution in [0, 0.1) is 0 Å². The first-order valence-corrected chi connectivity index (χ1v) is 7.17. The number of thioether (sulfide) groups is 1. The minimum Gasteiger partial charge on any atom is -0.461 e. The van der Waals surface area contributed by atoms with E-state index in [1.165, 1.54) is 0 Å². The Hall–Kier alpha value is -1.56. The highest BCUT2D eigenvalue weighted by Gasteiger charge is 2.19. The lowest BCUT2D eigenvalue weighted by Gasteiger charge is -2.21. The SMILES string of the molecule is CSC(C)(C)COC(=O)c1ccc2nnn(C)c2c1. The van der Waals surface area contributed by atoms with Crippen LogP contribution >= 0.6 is 11.8 Å². The van der Waals surface area contributed by atoms with Crippen LogP contribution in [0.5, 0.6) is 0 Å². The Balaban J connectivity index is 2.15. The Morgan fingerprint density at radius 3 is 2.89 bits per heavy atom. The number of hydrogen-bond acceptors (Lipinski definition) is 5. The van der Waals surface area contributed by atoms with E-state index < -0.39 is 0 Å². The van der Waals surface area contributed by atoms with Crippen LogP contribution in [-0.4, -0.2) is 38.6 Å². The number of ether oxygens (including phenoxy) is 1. The predicted octanol–water partition coefficient (Wildman–Crippen LogP) is 2.27. The fourth-order valence-corrected chi connectivity index (χ4v) is 1.72. The number of carbonyl (C=O) groups excluding carboxylic acids is 1. The highest BCUT2D eigenvalue weighted by atomic mass is 32.2. The van der Waals surface area contributed by atoms with Gasteiger partial charge in [0.05, 0.1) is 11.1 Å². The molecule has 0 N–H and O–H groups in total. The second kappa shape index (κ2) is 5.21. The summed E-state index contributed by atoms with van der Waals surface area (Å²) in [4.78, 5) is 12.0. The smallest absolute Gasteiger partial charge is 0.338 e. The van der Waals surface area contributed by atoms with E-state index in [9.17, 15) is 4.79 Å². The highest BCUT2D eigenvalue weighted by molar-refractivity contribution is 7.99. The van der Waals surface area contributed by atoms with Crippen molar-refractivity contribution in [2.75, 3.05) is 12.9 Å². The molecule has 0 amide bonds. The highest BCUT2D eigenvalue weighted by Crippen LogP contribution is 2.22. The Morgan fingerprint density at radius 2 is 2.21 bits per heavy atom. The van der Waals surface area contributed by atoms with Gasteiger partial charge < -0.3 is 4.74 Å². The third kappa shape index (κ3) is 3.07. The Bertz CT molecular complexity index is 607. The maximum Gasteiger partial charge on any atom is 0.338 e. The molecule has 2 rings (SSSR count). The standard InChI is InChI=1S/C13H17N3O2S/c1-13(2,19-4)8-18-12(17)9-5-6-10-11(7-9)16(3)15-14-10/h5-7H,8H2,1-4H3. The van der Waals surface area contributed by atoms with Gasteiger partial charge in [0.2, 0.25) is 0 Å². The summed E-state index contributed by atoms with van der Waals surface area (Å²) in [6, 6.07) is 5.24. The van der Waals surface area contributed by atoms with E-state index in [1.807, 2.05) is 20.1 Å². The first kappa shape index (κ1) is 13.9. The van der Waals surface area contributed by atoms with Gasteiger partial charge in [-0.1, -0.05) is 5.21 Å². The van der Waals surface area contributed by atoms with E-state index in [-0.39, 0.29) is 10.7 Å². The van der Waals surface area contributed by atoms with Gasteiger partial charge >= 0.3 is 5.97 Å². The van der Waals surface area contributed by atoms with Crippen molar-refractivity contribution >= 4 is 28.8 Å². The molecule has 1 aromatic heterocycles. The second-order valence-corrected chi connectivity index (χ2v) is 6.47. The van der Waals surface area contributed by atoms with Crippen LogP contribution in [0.2, 0.25) is 0 Å². The number of aromatic nitrogens is 3. The zero-order valence-corrected chi connectivity index (χ0v) is 12.3. The van der Waals surface area contributed by atoms with Crippen molar-refractivity contribution in [3.8, 4) is 0 Å². The van der Waals surface area contributed by atoms with Crippen molar-refractivity contribution in [1.82, 2.24) is 15.0 Å². The molecule has 0 saturated heterocycles. The molecule has 1 heterocycles. The summed E-state index contributed by atoms with van der Waals surface area (Å²) in [5, 5.41) is 7.88. The van der Waals surface area contributed by atoms with Crippen LogP contribution in [0.1, 0.15) is 24.2 Å². The van der Waals surface area contributed by atoms with E-state index in [0.717, 1.165) is 11.0 Å². The lowest BCUT2D eigenvalue weighted by molar-refractivity contribution is 0.0478. The summed E-state index contributed by atoms with van der Waals surface area (Å²) >= 11 is 1.67. The molecule has 2 aromatic rings. The largest absolute Gasteiger partial charge is 0.461 e. The molecule has 0 aliphatic carbocycles. The van der Waals surface area contributed by atoms with Gasteiger partial charge in [0.15, 0.2) is 0 Å². The van der Waals surface area contributed by atoms with Crippen LogP contribution < -0.4 is 0 Å². The zero-order valence-electron chi connectivity index (χ0n) is 11.5. The van der Waals surface area contributed by atoms with Gasteiger partial charge in [-0.15, -0.1) is 5.10 Å². The maximum absolute atomic E-state index is 12.0. The average molecular weight is 279 g/mol. The van der Waals surface area contributed by atoms with Crippen molar-refractivity contribution < 1.29 is 9.53 Å². The minimum atomic E-state index is -0.315. The average Bonchev–Trinajstić information content (AvgIpc) is 2.77. The molecule has 102 valence electrons. The summed E-state index contributed by atoms with van der Waals surface area (Å²) in [6.07, 6.45) is 2.00. The first-order valence-electron chi connectivity index (χ1n) is 5.95. The minimum absolute atomic E-state index is 0.0755. The molecule has 0 radical (unpaired) electrons. The number of esters is 1. The van der Waals surface area contributed by atoms with Gasteiger partial charge in [-0.2, -0.15) is 11.8 Å². The monoisotopic (exact) mass is 279 g/mol. The van der Waals surface area contributed by atoms with E-state index in [0.29, 0.717) is 12.2 Å². The summed E-state index contributed by atoms with van der Waals surface area (Å²) in [5.74, 6) is -0.315. The number of nitrogens with zero attached hydrogens (tertiary/aromatic N) is 3. The maximum atomic E-state index is 12.0. The quantitative estimate of drug-likeness (QED) is 0.804. The second-order valence-electron chi connectivity index (χ2n) is 4.96. The van der Waals surface area contributed by atoms with Crippen molar-refractivity contribution in [2.24, 2.45) is 7.05 Å². The molecule has 0 aliphatic heterocycles. The van der Waals surface area contributed by atoms with Crippen molar-refractivity contribution in [1.29, 1.82) is 0 Å². The third-order valence-corrected chi connectivity index (χ3v) is 4.17. The lowest BCUT2D eigenvalue weighted by Crippen LogP contribution is -2.24. The molecule has 0 fully saturated rings. The van der Waals surface area contributed by atoms with Crippen LogP contribution in [-0.2, 0) is 11.8 Å². The van der Waals surface area contributed by atoms with Crippen LogP contribution in [0.4, 0.5) is 0 Å². The molecule has 0 atom stereocenters. The number of hydrogen-bond donors (Lipinski definition) is 0. The van der Waals surface area contributed by atoms with E-state index in [4.69, 9.17) is 4.74 Å². The fraction of sp³-hybridized carbons (Fsp3) is 0.462. The molecule has 5 nitrogen and oxygen atoms in total. The molecule has 6 heteroatoms. The summed E-state index contributed by atoms with van der Waals surface area (Å²) in [7, 11) is 1.79.